The van der Waals surface area contributed by atoms with Crippen molar-refractivity contribution in [3.63, 3.8) is 0 Å². The number of rotatable bonds is 5. The number of carbonyl (C=O) groups excluding carboxylic acids is 1. The third-order valence-electron chi connectivity index (χ3n) is 4.44. The van der Waals surface area contributed by atoms with Crippen LogP contribution in [0.2, 0.25) is 0 Å². The van der Waals surface area contributed by atoms with Gasteiger partial charge in [-0.1, -0.05) is 13.3 Å². The molecule has 1 saturated heterocycles. The Morgan fingerprint density at radius 1 is 1.42 bits per heavy atom. The summed E-state index contributed by atoms with van der Waals surface area (Å²) in [5, 5.41) is 9.40. The molecule has 1 aliphatic carbocycles. The number of likely N-dealkylation sites (tertiary alicyclic amines) is 1. The number of methoxy groups -OCH3 is 1. The van der Waals surface area contributed by atoms with Crippen molar-refractivity contribution in [3.05, 3.63) is 0 Å². The molecule has 1 N–H and O–H groups in total. The highest BCUT2D eigenvalue weighted by molar-refractivity contribution is 5.84. The lowest BCUT2D eigenvalue weighted by atomic mass is 9.94. The fraction of sp³-hybridized carbons (Fsp3) is 0.857. The van der Waals surface area contributed by atoms with E-state index < -0.39 is 12.0 Å². The topological polar surface area (TPSA) is 66.8 Å². The molecule has 1 aliphatic heterocycles. The Kier molecular flexibility index (Phi) is 4.45. The number of aliphatic carboxylic acids is 1. The largest absolute Gasteiger partial charge is 0.480 e. The second-order valence-electron chi connectivity index (χ2n) is 5.95. The van der Waals surface area contributed by atoms with E-state index in [1.165, 1.54) is 0 Å². The van der Waals surface area contributed by atoms with Crippen LogP contribution in [0, 0.1) is 17.8 Å². The first-order valence-corrected chi connectivity index (χ1v) is 7.05. The van der Waals surface area contributed by atoms with E-state index in [0.717, 1.165) is 19.3 Å². The van der Waals surface area contributed by atoms with E-state index in [-0.39, 0.29) is 17.7 Å². The minimum absolute atomic E-state index is 0.0358. The number of carboxylic acids is 1. The molecule has 2 aliphatic rings. The average molecular weight is 269 g/mol. The molecule has 1 amide bonds. The molecule has 0 aromatic rings. The van der Waals surface area contributed by atoms with Crippen LogP contribution in [0.5, 0.6) is 0 Å². The van der Waals surface area contributed by atoms with Gasteiger partial charge in [0.1, 0.15) is 6.04 Å². The number of hydrogen-bond donors (Lipinski definition) is 1. The molecule has 5 heteroatoms. The standard InChI is InChI=1S/C14H23NO4/c1-9(8-19-2)6-12(16)15-7-10-4-3-5-11(10)13(15)14(17)18/h9-11,13H,3-8H2,1-2H3,(H,17,18). The minimum atomic E-state index is -0.845. The summed E-state index contributed by atoms with van der Waals surface area (Å²) in [4.78, 5) is 25.3. The van der Waals surface area contributed by atoms with Crippen LogP contribution in [0.1, 0.15) is 32.6 Å². The molecule has 2 rings (SSSR count). The molecular weight excluding hydrogens is 246 g/mol. The summed E-state index contributed by atoms with van der Waals surface area (Å²) in [5.74, 6) is -0.192. The van der Waals surface area contributed by atoms with E-state index in [1.807, 2.05) is 6.92 Å². The summed E-state index contributed by atoms with van der Waals surface area (Å²) < 4.78 is 5.03. The number of carboxylic acid groups (broad SMARTS) is 1. The predicted molar refractivity (Wildman–Crippen MR) is 69.6 cm³/mol. The maximum absolute atomic E-state index is 12.3. The maximum Gasteiger partial charge on any atom is 0.326 e. The quantitative estimate of drug-likeness (QED) is 0.818. The number of ether oxygens (including phenoxy) is 1. The molecule has 0 spiro atoms. The van der Waals surface area contributed by atoms with Crippen molar-refractivity contribution < 1.29 is 19.4 Å². The van der Waals surface area contributed by atoms with Crippen LogP contribution in [0.4, 0.5) is 0 Å². The summed E-state index contributed by atoms with van der Waals surface area (Å²) >= 11 is 0. The average Bonchev–Trinajstić information content (AvgIpc) is 2.86. The van der Waals surface area contributed by atoms with Crippen molar-refractivity contribution in [2.45, 2.75) is 38.6 Å². The molecule has 2 fully saturated rings. The molecule has 0 radical (unpaired) electrons. The van der Waals surface area contributed by atoms with Crippen molar-refractivity contribution in [1.82, 2.24) is 4.90 Å². The van der Waals surface area contributed by atoms with Gasteiger partial charge in [0.2, 0.25) is 5.91 Å². The van der Waals surface area contributed by atoms with Gasteiger partial charge in [0.15, 0.2) is 0 Å². The monoisotopic (exact) mass is 269 g/mol. The number of hydrogen-bond acceptors (Lipinski definition) is 3. The highest BCUT2D eigenvalue weighted by atomic mass is 16.5. The van der Waals surface area contributed by atoms with E-state index in [9.17, 15) is 14.7 Å². The van der Waals surface area contributed by atoms with E-state index in [1.54, 1.807) is 12.0 Å². The normalized spacial score (nSPS) is 31.3. The summed E-state index contributed by atoms with van der Waals surface area (Å²) in [7, 11) is 1.61. The first kappa shape index (κ1) is 14.3. The molecule has 0 aromatic carbocycles. The first-order chi connectivity index (χ1) is 9.04. The van der Waals surface area contributed by atoms with Crippen LogP contribution < -0.4 is 0 Å². The lowest BCUT2D eigenvalue weighted by Gasteiger charge is -2.25. The summed E-state index contributed by atoms with van der Waals surface area (Å²) in [6.45, 7) is 3.11. The van der Waals surface area contributed by atoms with Crippen LogP contribution in [0.3, 0.4) is 0 Å². The van der Waals surface area contributed by atoms with Gasteiger partial charge in [0, 0.05) is 26.7 Å². The van der Waals surface area contributed by atoms with Crippen molar-refractivity contribution >= 4 is 11.9 Å². The Labute approximate surface area is 113 Å². The maximum atomic E-state index is 12.3. The fourth-order valence-corrected chi connectivity index (χ4v) is 3.64. The zero-order valence-corrected chi connectivity index (χ0v) is 11.7. The molecule has 4 unspecified atom stereocenters. The van der Waals surface area contributed by atoms with Crippen LogP contribution in [0.25, 0.3) is 0 Å². The highest BCUT2D eigenvalue weighted by Crippen LogP contribution is 2.42. The second kappa shape index (κ2) is 5.90. The summed E-state index contributed by atoms with van der Waals surface area (Å²) in [6.07, 6.45) is 3.48. The zero-order valence-electron chi connectivity index (χ0n) is 11.7. The Balaban J connectivity index is 2.02. The summed E-state index contributed by atoms with van der Waals surface area (Å²) in [6, 6.07) is -0.602. The molecular formula is C14H23NO4. The fourth-order valence-electron chi connectivity index (χ4n) is 3.64. The number of nitrogens with zero attached hydrogens (tertiary/aromatic N) is 1. The number of fused-ring (bicyclic) bond motifs is 1. The first-order valence-electron chi connectivity index (χ1n) is 7.05. The van der Waals surface area contributed by atoms with E-state index >= 15 is 0 Å². The Bertz CT molecular complexity index is 357. The third-order valence-corrected chi connectivity index (χ3v) is 4.44. The van der Waals surface area contributed by atoms with Crippen LogP contribution in [-0.4, -0.2) is 48.2 Å². The van der Waals surface area contributed by atoms with Gasteiger partial charge in [-0.05, 0) is 30.6 Å². The molecule has 19 heavy (non-hydrogen) atoms. The SMILES string of the molecule is COCC(C)CC(=O)N1CC2CCCC2C1C(=O)O. The molecule has 1 saturated carbocycles. The van der Waals surface area contributed by atoms with Gasteiger partial charge in [0.25, 0.3) is 0 Å². The van der Waals surface area contributed by atoms with Crippen LogP contribution in [-0.2, 0) is 14.3 Å². The number of amides is 1. The van der Waals surface area contributed by atoms with Gasteiger partial charge in [-0.2, -0.15) is 0 Å². The van der Waals surface area contributed by atoms with Gasteiger partial charge in [-0.15, -0.1) is 0 Å². The van der Waals surface area contributed by atoms with E-state index in [0.29, 0.717) is 25.5 Å². The van der Waals surface area contributed by atoms with Crippen molar-refractivity contribution in [1.29, 1.82) is 0 Å². The number of carbonyl (C=O) groups is 2. The minimum Gasteiger partial charge on any atom is -0.480 e. The van der Waals surface area contributed by atoms with Gasteiger partial charge in [-0.25, -0.2) is 4.79 Å². The van der Waals surface area contributed by atoms with Crippen molar-refractivity contribution in [3.8, 4) is 0 Å². The van der Waals surface area contributed by atoms with E-state index in [2.05, 4.69) is 0 Å². The Hall–Kier alpha value is -1.10. The predicted octanol–water partition coefficient (Wildman–Crippen LogP) is 1.37. The lowest BCUT2D eigenvalue weighted by molar-refractivity contribution is -0.150. The Morgan fingerprint density at radius 2 is 2.16 bits per heavy atom. The summed E-state index contributed by atoms with van der Waals surface area (Å²) in [5.41, 5.74) is 0. The van der Waals surface area contributed by atoms with Crippen LogP contribution in [0.15, 0.2) is 0 Å². The molecule has 0 aromatic heterocycles. The highest BCUT2D eigenvalue weighted by Gasteiger charge is 2.49. The molecule has 108 valence electrons. The molecule has 5 nitrogen and oxygen atoms in total. The van der Waals surface area contributed by atoms with E-state index in [4.69, 9.17) is 4.74 Å². The van der Waals surface area contributed by atoms with Crippen molar-refractivity contribution in [2.75, 3.05) is 20.3 Å². The molecule has 1 heterocycles. The molecule has 0 bridgehead atoms. The lowest BCUT2D eigenvalue weighted by Crippen LogP contribution is -2.43. The smallest absolute Gasteiger partial charge is 0.326 e. The van der Waals surface area contributed by atoms with Gasteiger partial charge < -0.3 is 14.7 Å². The second-order valence-corrected chi connectivity index (χ2v) is 5.95. The van der Waals surface area contributed by atoms with Gasteiger partial charge in [-0.3, -0.25) is 4.79 Å². The Morgan fingerprint density at radius 3 is 2.79 bits per heavy atom. The van der Waals surface area contributed by atoms with Gasteiger partial charge >= 0.3 is 5.97 Å². The molecule has 4 atom stereocenters. The zero-order chi connectivity index (χ0) is 14.0. The third kappa shape index (κ3) is 2.91. The van der Waals surface area contributed by atoms with Crippen molar-refractivity contribution in [2.24, 2.45) is 17.8 Å². The van der Waals surface area contributed by atoms with Gasteiger partial charge in [0.05, 0.1) is 0 Å². The van der Waals surface area contributed by atoms with Crippen LogP contribution >= 0.6 is 0 Å².